The van der Waals surface area contributed by atoms with Gasteiger partial charge in [-0.1, -0.05) is 41.4 Å². The molecule has 0 spiro atoms. The van der Waals surface area contributed by atoms with Crippen LogP contribution < -0.4 is 16.2 Å². The zero-order valence-corrected chi connectivity index (χ0v) is 19.2. The molecule has 0 aliphatic carbocycles. The van der Waals surface area contributed by atoms with Gasteiger partial charge in [0.25, 0.3) is 5.56 Å². The van der Waals surface area contributed by atoms with Gasteiger partial charge in [-0.2, -0.15) is 0 Å². The number of nitrogens with zero attached hydrogens (tertiary/aromatic N) is 1. The zero-order valence-electron chi connectivity index (χ0n) is 18.4. The molecule has 0 saturated carbocycles. The maximum atomic E-state index is 14.2. The third kappa shape index (κ3) is 5.93. The lowest BCUT2D eigenvalue weighted by atomic mass is 10.0. The van der Waals surface area contributed by atoms with E-state index in [1.54, 1.807) is 24.3 Å². The first kappa shape index (κ1) is 24.8. The molecule has 1 atom stereocenters. The topological polar surface area (TPSA) is 121 Å². The quantitative estimate of drug-likeness (QED) is 0.395. The van der Waals surface area contributed by atoms with Crippen LogP contribution in [0.15, 0.2) is 53.5 Å². The van der Waals surface area contributed by atoms with Crippen molar-refractivity contribution < 1.29 is 24.2 Å². The number of nitrogens with one attached hydrogen (secondary N) is 2. The molecule has 3 rings (SSSR count). The largest absolute Gasteiger partial charge is 0.505 e. The molecule has 0 bridgehead atoms. The Kier molecular flexibility index (Phi) is 7.57. The average molecular weight is 488 g/mol. The van der Waals surface area contributed by atoms with Crippen molar-refractivity contribution >= 4 is 29.3 Å². The minimum Gasteiger partial charge on any atom is -0.505 e. The van der Waals surface area contributed by atoms with Crippen LogP contribution in [0.1, 0.15) is 34.7 Å². The number of benzene rings is 2. The molecular weight excluding hydrogens is 465 g/mol. The molecule has 8 nitrogen and oxygen atoms in total. The van der Waals surface area contributed by atoms with Crippen molar-refractivity contribution in [2.45, 2.75) is 32.9 Å². The van der Waals surface area contributed by atoms with Crippen LogP contribution in [-0.4, -0.2) is 26.8 Å². The van der Waals surface area contributed by atoms with Gasteiger partial charge in [-0.15, -0.1) is 0 Å². The van der Waals surface area contributed by atoms with Gasteiger partial charge in [0.05, 0.1) is 19.0 Å². The van der Waals surface area contributed by atoms with Crippen LogP contribution >= 0.6 is 11.6 Å². The SMILES string of the molecule is Cc1ccc([C@H](CC(=O)O)NC(=O)Nc2c(O)c(C)cn(Cc3cc(Cl)ccc3F)c2=O)cc1. The highest BCUT2D eigenvalue weighted by Gasteiger charge is 2.21. The van der Waals surface area contributed by atoms with E-state index in [4.69, 9.17) is 11.6 Å². The van der Waals surface area contributed by atoms with E-state index in [1.807, 2.05) is 6.92 Å². The third-order valence-corrected chi connectivity index (χ3v) is 5.42. The lowest BCUT2D eigenvalue weighted by molar-refractivity contribution is -0.137. The summed E-state index contributed by atoms with van der Waals surface area (Å²) in [6.07, 6.45) is 0.940. The van der Waals surface area contributed by atoms with Crippen molar-refractivity contribution in [3.63, 3.8) is 0 Å². The number of carbonyl (C=O) groups is 2. The lowest BCUT2D eigenvalue weighted by Crippen LogP contribution is -2.36. The van der Waals surface area contributed by atoms with Gasteiger partial charge in [-0.3, -0.25) is 9.59 Å². The number of aliphatic carboxylic acids is 1. The second-order valence-electron chi connectivity index (χ2n) is 7.86. The summed E-state index contributed by atoms with van der Waals surface area (Å²) in [4.78, 5) is 36.9. The maximum Gasteiger partial charge on any atom is 0.319 e. The van der Waals surface area contributed by atoms with Crippen molar-refractivity contribution in [2.24, 2.45) is 0 Å². The molecule has 34 heavy (non-hydrogen) atoms. The molecule has 2 aromatic carbocycles. The molecule has 2 amide bonds. The van der Waals surface area contributed by atoms with Crippen LogP contribution in [0.3, 0.4) is 0 Å². The molecule has 0 aliphatic heterocycles. The number of carbonyl (C=O) groups excluding carboxylic acids is 1. The lowest BCUT2D eigenvalue weighted by Gasteiger charge is -2.19. The number of hydrogen-bond donors (Lipinski definition) is 4. The van der Waals surface area contributed by atoms with Crippen LogP contribution in [0.25, 0.3) is 0 Å². The molecule has 3 aromatic rings. The molecule has 178 valence electrons. The number of carboxylic acids is 1. The van der Waals surface area contributed by atoms with Crippen LogP contribution in [0.5, 0.6) is 5.75 Å². The Bertz CT molecular complexity index is 1290. The molecule has 0 saturated heterocycles. The van der Waals surface area contributed by atoms with Crippen molar-refractivity contribution in [1.82, 2.24) is 9.88 Å². The monoisotopic (exact) mass is 487 g/mol. The van der Waals surface area contributed by atoms with Gasteiger partial charge in [-0.25, -0.2) is 9.18 Å². The molecule has 10 heteroatoms. The van der Waals surface area contributed by atoms with E-state index in [0.717, 1.165) is 10.1 Å². The van der Waals surface area contributed by atoms with E-state index >= 15 is 0 Å². The number of aryl methyl sites for hydroxylation is 2. The molecule has 0 unspecified atom stereocenters. The Morgan fingerprint density at radius 1 is 1.15 bits per heavy atom. The number of carboxylic acid groups (broad SMARTS) is 1. The summed E-state index contributed by atoms with van der Waals surface area (Å²) in [5.41, 5.74) is 0.740. The van der Waals surface area contributed by atoms with Gasteiger partial charge in [-0.05, 0) is 37.6 Å². The summed E-state index contributed by atoms with van der Waals surface area (Å²) in [5.74, 6) is -2.15. The van der Waals surface area contributed by atoms with Crippen LogP contribution in [0, 0.1) is 19.7 Å². The van der Waals surface area contributed by atoms with Gasteiger partial charge < -0.3 is 25.4 Å². The smallest absolute Gasteiger partial charge is 0.319 e. The fraction of sp³-hybridized carbons (Fsp3) is 0.208. The van der Waals surface area contributed by atoms with Crippen LogP contribution in [-0.2, 0) is 11.3 Å². The summed E-state index contributed by atoms with van der Waals surface area (Å²) in [5, 5.41) is 24.8. The number of aromatic hydroxyl groups is 1. The van der Waals surface area contributed by atoms with Crippen LogP contribution in [0.4, 0.5) is 14.9 Å². The van der Waals surface area contributed by atoms with E-state index in [2.05, 4.69) is 10.6 Å². The Morgan fingerprint density at radius 3 is 2.47 bits per heavy atom. The average Bonchev–Trinajstić information content (AvgIpc) is 2.77. The minimum atomic E-state index is -1.13. The van der Waals surface area contributed by atoms with Crippen molar-refractivity contribution in [3.05, 3.63) is 92.1 Å². The molecule has 0 fully saturated rings. The van der Waals surface area contributed by atoms with Crippen molar-refractivity contribution in [3.8, 4) is 5.75 Å². The fourth-order valence-corrected chi connectivity index (χ4v) is 3.60. The molecule has 0 aliphatic rings. The Hall–Kier alpha value is -3.85. The Balaban J connectivity index is 1.88. The number of hydrogen-bond acceptors (Lipinski definition) is 4. The zero-order chi connectivity index (χ0) is 25.0. The number of aromatic nitrogens is 1. The van der Waals surface area contributed by atoms with Crippen molar-refractivity contribution in [2.75, 3.05) is 5.32 Å². The van der Waals surface area contributed by atoms with E-state index in [9.17, 15) is 29.0 Å². The molecule has 4 N–H and O–H groups in total. The summed E-state index contributed by atoms with van der Waals surface area (Å²) in [6, 6.07) is 9.12. The van der Waals surface area contributed by atoms with Crippen LogP contribution in [0.2, 0.25) is 5.02 Å². The second-order valence-corrected chi connectivity index (χ2v) is 8.30. The predicted octanol–water partition coefficient (Wildman–Crippen LogP) is 4.35. The normalized spacial score (nSPS) is 11.6. The second kappa shape index (κ2) is 10.4. The predicted molar refractivity (Wildman–Crippen MR) is 126 cm³/mol. The molecule has 0 radical (unpaired) electrons. The maximum absolute atomic E-state index is 14.2. The van der Waals surface area contributed by atoms with Gasteiger partial charge >= 0.3 is 12.0 Å². The van der Waals surface area contributed by atoms with E-state index in [1.165, 1.54) is 31.3 Å². The highest BCUT2D eigenvalue weighted by atomic mass is 35.5. The number of pyridine rings is 1. The van der Waals surface area contributed by atoms with Gasteiger partial charge in [0.15, 0.2) is 5.69 Å². The first-order valence-electron chi connectivity index (χ1n) is 10.3. The first-order valence-corrected chi connectivity index (χ1v) is 10.7. The van der Waals surface area contributed by atoms with Gasteiger partial charge in [0.2, 0.25) is 0 Å². The fourth-order valence-electron chi connectivity index (χ4n) is 3.41. The van der Waals surface area contributed by atoms with Gasteiger partial charge in [0.1, 0.15) is 11.6 Å². The van der Waals surface area contributed by atoms with E-state index in [0.29, 0.717) is 10.6 Å². The van der Waals surface area contributed by atoms with Gasteiger partial charge in [0, 0.05) is 22.3 Å². The summed E-state index contributed by atoms with van der Waals surface area (Å²) >= 11 is 5.92. The van der Waals surface area contributed by atoms with E-state index in [-0.39, 0.29) is 17.7 Å². The summed E-state index contributed by atoms with van der Waals surface area (Å²) in [7, 11) is 0. The Morgan fingerprint density at radius 2 is 1.82 bits per heavy atom. The Labute approximate surface area is 199 Å². The first-order chi connectivity index (χ1) is 16.0. The molecule has 1 heterocycles. The summed E-state index contributed by atoms with van der Waals surface area (Å²) in [6.45, 7) is 3.20. The van der Waals surface area contributed by atoms with E-state index < -0.39 is 47.3 Å². The standard InChI is InChI=1S/C24H23ClFN3O5/c1-13-3-5-15(6-4-13)19(10-20(30)31)27-24(34)28-21-22(32)14(2)11-29(23(21)33)12-16-9-17(25)7-8-18(16)26/h3-9,11,19,32H,10,12H2,1-2H3,(H,30,31)(H2,27,28,34)/t19-/m0/s1. The highest BCUT2D eigenvalue weighted by Crippen LogP contribution is 2.25. The number of rotatable bonds is 7. The molecule has 1 aromatic heterocycles. The number of halogens is 2. The number of amides is 2. The molecular formula is C24H23ClFN3O5. The third-order valence-electron chi connectivity index (χ3n) is 5.19. The summed E-state index contributed by atoms with van der Waals surface area (Å²) < 4.78 is 15.3. The number of anilines is 1. The van der Waals surface area contributed by atoms with Crippen molar-refractivity contribution in [1.29, 1.82) is 0 Å². The minimum absolute atomic E-state index is 0.149. The number of urea groups is 1. The highest BCUT2D eigenvalue weighted by molar-refractivity contribution is 6.30.